The molecule has 6 heteroatoms. The molecule has 0 saturated carbocycles. The predicted molar refractivity (Wildman–Crippen MR) is 121 cm³/mol. The van der Waals surface area contributed by atoms with Crippen molar-refractivity contribution in [3.63, 3.8) is 0 Å². The molecule has 1 N–H and O–H groups in total. The van der Waals surface area contributed by atoms with Gasteiger partial charge in [-0.3, -0.25) is 4.90 Å². The van der Waals surface area contributed by atoms with E-state index in [0.29, 0.717) is 6.54 Å². The third-order valence-corrected chi connectivity index (χ3v) is 5.83. The van der Waals surface area contributed by atoms with Crippen LogP contribution in [0, 0.1) is 6.92 Å². The Labute approximate surface area is 183 Å². The maximum absolute atomic E-state index is 12.7. The van der Waals surface area contributed by atoms with E-state index in [2.05, 4.69) is 63.9 Å². The number of urea groups is 1. The Morgan fingerprint density at radius 2 is 1.61 bits per heavy atom. The van der Waals surface area contributed by atoms with Crippen LogP contribution in [-0.4, -0.2) is 53.7 Å². The molecular weight excluding hydrogens is 388 g/mol. The van der Waals surface area contributed by atoms with Crippen molar-refractivity contribution < 1.29 is 9.32 Å². The van der Waals surface area contributed by atoms with Crippen molar-refractivity contribution >= 4 is 6.03 Å². The smallest absolute Gasteiger partial charge is 0.317 e. The lowest BCUT2D eigenvalue weighted by Crippen LogP contribution is -2.51. The van der Waals surface area contributed by atoms with Crippen LogP contribution in [0.15, 0.2) is 71.3 Å². The zero-order chi connectivity index (χ0) is 21.5. The maximum Gasteiger partial charge on any atom is 0.317 e. The number of carbonyl (C=O) groups is 1. The number of nitrogens with zero attached hydrogens (tertiary/aromatic N) is 3. The van der Waals surface area contributed by atoms with E-state index in [1.807, 2.05) is 30.0 Å². The number of hydrogen-bond donors (Lipinski definition) is 1. The van der Waals surface area contributed by atoms with Gasteiger partial charge >= 0.3 is 6.03 Å². The topological polar surface area (TPSA) is 61.6 Å². The van der Waals surface area contributed by atoms with Gasteiger partial charge in [0.1, 0.15) is 0 Å². The highest BCUT2D eigenvalue weighted by atomic mass is 16.5. The summed E-state index contributed by atoms with van der Waals surface area (Å²) in [5.74, 6) is 1.15. The van der Waals surface area contributed by atoms with E-state index in [-0.39, 0.29) is 11.9 Å². The molecule has 0 radical (unpaired) electrons. The average molecular weight is 419 g/mol. The first kappa shape index (κ1) is 21.1. The number of hydrogen-bond acceptors (Lipinski definition) is 4. The van der Waals surface area contributed by atoms with Crippen LogP contribution in [0.1, 0.15) is 34.9 Å². The summed E-state index contributed by atoms with van der Waals surface area (Å²) in [6, 6.07) is 23.0. The molecule has 2 aromatic carbocycles. The third-order valence-electron chi connectivity index (χ3n) is 5.83. The van der Waals surface area contributed by atoms with Crippen LogP contribution in [0.5, 0.6) is 0 Å². The molecule has 2 heterocycles. The maximum atomic E-state index is 12.7. The molecule has 4 rings (SSSR count). The molecule has 0 aliphatic carbocycles. The Morgan fingerprint density at radius 1 is 1.00 bits per heavy atom. The Hall–Kier alpha value is -3.12. The van der Waals surface area contributed by atoms with Gasteiger partial charge < -0.3 is 14.7 Å². The number of rotatable bonds is 7. The highest BCUT2D eigenvalue weighted by Crippen LogP contribution is 2.27. The van der Waals surface area contributed by atoms with Crippen LogP contribution in [0.25, 0.3) is 0 Å². The van der Waals surface area contributed by atoms with Crippen molar-refractivity contribution in [2.24, 2.45) is 0 Å². The molecule has 0 spiro atoms. The van der Waals surface area contributed by atoms with Crippen molar-refractivity contribution in [1.29, 1.82) is 0 Å². The van der Waals surface area contributed by atoms with Gasteiger partial charge in [0, 0.05) is 44.7 Å². The van der Waals surface area contributed by atoms with Crippen LogP contribution < -0.4 is 5.32 Å². The number of carbonyl (C=O) groups excluding carboxylic acids is 1. The second-order valence-corrected chi connectivity index (χ2v) is 8.09. The lowest BCUT2D eigenvalue weighted by Gasteiger charge is -2.34. The molecule has 1 saturated heterocycles. The van der Waals surface area contributed by atoms with E-state index >= 15 is 0 Å². The Kier molecular flexibility index (Phi) is 6.99. The summed E-state index contributed by atoms with van der Waals surface area (Å²) in [5, 5.41) is 7.07. The van der Waals surface area contributed by atoms with Crippen molar-refractivity contribution in [1.82, 2.24) is 20.3 Å². The van der Waals surface area contributed by atoms with Gasteiger partial charge in [-0.1, -0.05) is 65.8 Å². The van der Waals surface area contributed by atoms with Gasteiger partial charge in [-0.2, -0.15) is 0 Å². The highest BCUT2D eigenvalue weighted by Gasteiger charge is 2.22. The Bertz CT molecular complexity index is 910. The largest absolute Gasteiger partial charge is 0.360 e. The molecule has 0 unspecified atom stereocenters. The fourth-order valence-electron chi connectivity index (χ4n) is 4.15. The fraction of sp³-hybridized carbons (Fsp3) is 0.360. The van der Waals surface area contributed by atoms with E-state index in [9.17, 15) is 4.79 Å². The number of benzene rings is 2. The number of piperazine rings is 1. The summed E-state index contributed by atoms with van der Waals surface area (Å²) < 4.78 is 5.31. The highest BCUT2D eigenvalue weighted by molar-refractivity contribution is 5.74. The Balaban J connectivity index is 1.26. The van der Waals surface area contributed by atoms with Gasteiger partial charge in [0.2, 0.25) is 0 Å². The van der Waals surface area contributed by atoms with Crippen LogP contribution in [0.3, 0.4) is 0 Å². The number of aryl methyl sites for hydroxylation is 1. The van der Waals surface area contributed by atoms with Crippen molar-refractivity contribution in [2.75, 3.05) is 32.7 Å². The van der Waals surface area contributed by atoms with Crippen LogP contribution in [0.4, 0.5) is 4.79 Å². The molecule has 2 amide bonds. The summed E-state index contributed by atoms with van der Waals surface area (Å²) in [4.78, 5) is 16.9. The molecule has 6 nitrogen and oxygen atoms in total. The zero-order valence-electron chi connectivity index (χ0n) is 18.0. The quantitative estimate of drug-likeness (QED) is 0.629. The molecule has 0 bridgehead atoms. The van der Waals surface area contributed by atoms with Gasteiger partial charge in [0.25, 0.3) is 0 Å². The molecule has 162 valence electrons. The van der Waals surface area contributed by atoms with Crippen LogP contribution in [-0.2, 0) is 6.54 Å². The van der Waals surface area contributed by atoms with Crippen LogP contribution >= 0.6 is 0 Å². The number of nitrogens with one attached hydrogen (secondary N) is 1. The van der Waals surface area contributed by atoms with E-state index < -0.39 is 0 Å². The van der Waals surface area contributed by atoms with Gasteiger partial charge in [0.15, 0.2) is 5.76 Å². The first-order valence-corrected chi connectivity index (χ1v) is 11.0. The van der Waals surface area contributed by atoms with E-state index in [0.717, 1.165) is 50.6 Å². The van der Waals surface area contributed by atoms with Gasteiger partial charge in [0.05, 0.1) is 12.2 Å². The zero-order valence-corrected chi connectivity index (χ0v) is 18.0. The van der Waals surface area contributed by atoms with Crippen molar-refractivity contribution in [2.45, 2.75) is 25.8 Å². The van der Waals surface area contributed by atoms with Gasteiger partial charge in [-0.05, 0) is 24.5 Å². The summed E-state index contributed by atoms with van der Waals surface area (Å²) in [5.41, 5.74) is 3.45. The minimum Gasteiger partial charge on any atom is -0.360 e. The fourth-order valence-corrected chi connectivity index (χ4v) is 4.15. The number of amides is 2. The van der Waals surface area contributed by atoms with Crippen LogP contribution in [0.2, 0.25) is 0 Å². The molecule has 1 aromatic heterocycles. The first-order chi connectivity index (χ1) is 15.2. The molecule has 0 atom stereocenters. The molecule has 1 aliphatic rings. The molecule has 1 aliphatic heterocycles. The van der Waals surface area contributed by atoms with Crippen molar-refractivity contribution in [3.8, 4) is 0 Å². The third kappa shape index (κ3) is 5.73. The summed E-state index contributed by atoms with van der Waals surface area (Å²) in [6.07, 6.45) is 0.866. The van der Waals surface area contributed by atoms with Gasteiger partial charge in [-0.15, -0.1) is 0 Å². The molecule has 31 heavy (non-hydrogen) atoms. The lowest BCUT2D eigenvalue weighted by molar-refractivity contribution is 0.128. The standard InChI is InChI=1S/C25H30N4O2/c1-20-18-23(31-27-20)19-28-14-16-29(17-15-28)25(30)26-13-12-24(21-8-4-2-5-9-21)22-10-6-3-7-11-22/h2-11,18,24H,12-17,19H2,1H3,(H,26,30). The number of aromatic nitrogens is 1. The normalized spacial score (nSPS) is 14.7. The van der Waals surface area contributed by atoms with E-state index in [1.54, 1.807) is 0 Å². The van der Waals surface area contributed by atoms with Gasteiger partial charge in [-0.25, -0.2) is 4.79 Å². The molecule has 1 fully saturated rings. The van der Waals surface area contributed by atoms with Crippen molar-refractivity contribution in [3.05, 3.63) is 89.3 Å². The second kappa shape index (κ2) is 10.3. The monoisotopic (exact) mass is 418 g/mol. The van der Waals surface area contributed by atoms with E-state index in [1.165, 1.54) is 11.1 Å². The summed E-state index contributed by atoms with van der Waals surface area (Å²) >= 11 is 0. The lowest BCUT2D eigenvalue weighted by atomic mass is 9.88. The SMILES string of the molecule is Cc1cc(CN2CCN(C(=O)NCCC(c3ccccc3)c3ccccc3)CC2)on1. The average Bonchev–Trinajstić information content (AvgIpc) is 3.22. The summed E-state index contributed by atoms with van der Waals surface area (Å²) in [7, 11) is 0. The summed E-state index contributed by atoms with van der Waals surface area (Å²) in [6.45, 7) is 6.43. The van der Waals surface area contributed by atoms with E-state index in [4.69, 9.17) is 4.52 Å². The Morgan fingerprint density at radius 3 is 2.16 bits per heavy atom. The predicted octanol–water partition coefficient (Wildman–Crippen LogP) is 4.03. The second-order valence-electron chi connectivity index (χ2n) is 8.09. The molecule has 3 aromatic rings. The first-order valence-electron chi connectivity index (χ1n) is 11.0. The minimum atomic E-state index is 0.0232. The molecular formula is C25H30N4O2. The minimum absolute atomic E-state index is 0.0232.